The standard InChI is InChI=1S/C29H47N3O2/c1-18(2)8-7-9-19(3)23-10-11-24-27-25(13-15-29(23,24)6)28(5)14-12-22(34-20(4)33)16-21(28)17-26(27)31-32-30/h17-19,22-27H,7-16H2,1-6H3/t19-,22+,23-,24+,25+,26-,27+,28+,29-/m1/s1. The second-order valence-electron chi connectivity index (χ2n) is 13.1. The van der Waals surface area contributed by atoms with Crippen molar-refractivity contribution >= 4 is 5.97 Å². The second-order valence-corrected chi connectivity index (χ2v) is 13.1. The number of hydrogen-bond donors (Lipinski definition) is 0. The lowest BCUT2D eigenvalue weighted by Crippen LogP contribution is -2.54. The molecule has 0 radical (unpaired) electrons. The van der Waals surface area contributed by atoms with Gasteiger partial charge in [-0.25, -0.2) is 0 Å². The van der Waals surface area contributed by atoms with E-state index in [4.69, 9.17) is 4.74 Å². The number of carbonyl (C=O) groups is 1. The van der Waals surface area contributed by atoms with Gasteiger partial charge in [-0.1, -0.05) is 70.6 Å². The molecule has 0 N–H and O–H groups in total. The summed E-state index contributed by atoms with van der Waals surface area (Å²) in [6.07, 6.45) is 14.3. The molecule has 9 atom stereocenters. The molecular formula is C29H47N3O2. The van der Waals surface area contributed by atoms with Crippen LogP contribution in [-0.4, -0.2) is 18.1 Å². The van der Waals surface area contributed by atoms with Crippen molar-refractivity contribution in [3.05, 3.63) is 22.1 Å². The number of carbonyl (C=O) groups excluding carboxylic acids is 1. The van der Waals surface area contributed by atoms with Gasteiger partial charge in [-0.2, -0.15) is 0 Å². The Morgan fingerprint density at radius 1 is 1.15 bits per heavy atom. The third-order valence-electron chi connectivity index (χ3n) is 10.8. The minimum Gasteiger partial charge on any atom is -0.462 e. The average Bonchev–Trinajstić information content (AvgIpc) is 3.11. The molecule has 0 aromatic rings. The number of hydrogen-bond acceptors (Lipinski definition) is 3. The van der Waals surface area contributed by atoms with E-state index in [0.717, 1.165) is 37.0 Å². The summed E-state index contributed by atoms with van der Waals surface area (Å²) >= 11 is 0. The molecule has 0 amide bonds. The van der Waals surface area contributed by atoms with Gasteiger partial charge in [0.2, 0.25) is 0 Å². The van der Waals surface area contributed by atoms with Crippen LogP contribution >= 0.6 is 0 Å². The van der Waals surface area contributed by atoms with Crippen molar-refractivity contribution < 1.29 is 9.53 Å². The minimum absolute atomic E-state index is 0.0310. The van der Waals surface area contributed by atoms with Gasteiger partial charge in [0.15, 0.2) is 0 Å². The summed E-state index contributed by atoms with van der Waals surface area (Å²) in [6.45, 7) is 13.7. The summed E-state index contributed by atoms with van der Waals surface area (Å²) in [7, 11) is 0. The molecule has 190 valence electrons. The fourth-order valence-electron chi connectivity index (χ4n) is 9.15. The van der Waals surface area contributed by atoms with Crippen molar-refractivity contribution in [3.8, 4) is 0 Å². The Hall–Kier alpha value is -1.48. The fourth-order valence-corrected chi connectivity index (χ4v) is 9.15. The Morgan fingerprint density at radius 2 is 1.91 bits per heavy atom. The Bertz CT molecular complexity index is 846. The zero-order valence-electron chi connectivity index (χ0n) is 22.4. The number of fused-ring (bicyclic) bond motifs is 5. The van der Waals surface area contributed by atoms with Gasteiger partial charge >= 0.3 is 5.97 Å². The molecule has 34 heavy (non-hydrogen) atoms. The average molecular weight is 470 g/mol. The van der Waals surface area contributed by atoms with Gasteiger partial charge in [-0.15, -0.1) is 0 Å². The van der Waals surface area contributed by atoms with Crippen molar-refractivity contribution in [2.75, 3.05) is 0 Å². The van der Waals surface area contributed by atoms with Gasteiger partial charge < -0.3 is 4.74 Å². The van der Waals surface area contributed by atoms with Crippen LogP contribution in [-0.2, 0) is 9.53 Å². The number of rotatable bonds is 7. The molecular weight excluding hydrogens is 422 g/mol. The Balaban J connectivity index is 1.59. The molecule has 0 spiro atoms. The lowest BCUT2D eigenvalue weighted by molar-refractivity contribution is -0.148. The zero-order valence-corrected chi connectivity index (χ0v) is 22.4. The number of nitrogens with zero attached hydrogens (tertiary/aromatic N) is 3. The monoisotopic (exact) mass is 469 g/mol. The molecule has 4 aliphatic carbocycles. The highest BCUT2D eigenvalue weighted by molar-refractivity contribution is 5.66. The van der Waals surface area contributed by atoms with Crippen LogP contribution < -0.4 is 0 Å². The van der Waals surface area contributed by atoms with E-state index in [9.17, 15) is 10.3 Å². The van der Waals surface area contributed by atoms with Crippen LogP contribution in [0.3, 0.4) is 0 Å². The Morgan fingerprint density at radius 3 is 2.59 bits per heavy atom. The van der Waals surface area contributed by atoms with Crippen molar-refractivity contribution in [1.29, 1.82) is 0 Å². The molecule has 0 bridgehead atoms. The van der Waals surface area contributed by atoms with Crippen LogP contribution in [0.15, 0.2) is 16.8 Å². The van der Waals surface area contributed by atoms with Crippen LogP contribution in [0, 0.1) is 46.3 Å². The van der Waals surface area contributed by atoms with E-state index in [0.29, 0.717) is 23.2 Å². The second kappa shape index (κ2) is 9.88. The molecule has 3 saturated carbocycles. The first kappa shape index (κ1) is 25.6. The number of esters is 1. The topological polar surface area (TPSA) is 75.1 Å². The summed E-state index contributed by atoms with van der Waals surface area (Å²) in [5.74, 6) is 3.81. The van der Waals surface area contributed by atoms with Crippen molar-refractivity contribution in [1.82, 2.24) is 0 Å². The van der Waals surface area contributed by atoms with Gasteiger partial charge in [-0.05, 0) is 90.4 Å². The Kier molecular flexibility index (Phi) is 7.44. The van der Waals surface area contributed by atoms with Gasteiger partial charge in [0.25, 0.3) is 0 Å². The maximum absolute atomic E-state index is 11.6. The summed E-state index contributed by atoms with van der Waals surface area (Å²) in [6, 6.07) is -0.0613. The van der Waals surface area contributed by atoms with Crippen LogP contribution in [0.5, 0.6) is 0 Å². The first-order valence-corrected chi connectivity index (χ1v) is 14.0. The van der Waals surface area contributed by atoms with E-state index in [2.05, 4.69) is 50.7 Å². The van der Waals surface area contributed by atoms with E-state index in [1.165, 1.54) is 57.4 Å². The van der Waals surface area contributed by atoms with Crippen molar-refractivity contribution in [2.45, 2.75) is 118 Å². The highest BCUT2D eigenvalue weighted by Crippen LogP contribution is 2.67. The van der Waals surface area contributed by atoms with E-state index < -0.39 is 0 Å². The molecule has 0 aromatic carbocycles. The largest absolute Gasteiger partial charge is 0.462 e. The van der Waals surface area contributed by atoms with E-state index in [-0.39, 0.29) is 23.5 Å². The summed E-state index contributed by atoms with van der Waals surface area (Å²) in [4.78, 5) is 14.9. The molecule has 0 aromatic heterocycles. The van der Waals surface area contributed by atoms with Gasteiger partial charge in [0, 0.05) is 18.3 Å². The van der Waals surface area contributed by atoms with Crippen LogP contribution in [0.4, 0.5) is 0 Å². The SMILES string of the molecule is CC(=O)O[C@H]1CC[C@@]2(C)C(=C[C@@H](N=[N+]=[N-])[C@H]3[C@@H]4CC[C@H]([C@H](C)CCCC(C)C)[C@@]4(C)CC[C@@H]32)C1. The molecule has 0 saturated heterocycles. The maximum atomic E-state index is 11.6. The van der Waals surface area contributed by atoms with Crippen LogP contribution in [0.1, 0.15) is 106 Å². The molecule has 0 unspecified atom stereocenters. The van der Waals surface area contributed by atoms with Crippen molar-refractivity contribution in [2.24, 2.45) is 51.5 Å². The maximum Gasteiger partial charge on any atom is 0.302 e. The molecule has 5 nitrogen and oxygen atoms in total. The zero-order chi connectivity index (χ0) is 24.7. The van der Waals surface area contributed by atoms with Crippen LogP contribution in [0.25, 0.3) is 10.4 Å². The first-order chi connectivity index (χ1) is 16.1. The molecule has 4 rings (SSSR count). The highest BCUT2D eigenvalue weighted by Gasteiger charge is 2.61. The summed E-state index contributed by atoms with van der Waals surface area (Å²) in [5, 5.41) is 4.40. The lowest BCUT2D eigenvalue weighted by Gasteiger charge is -2.60. The van der Waals surface area contributed by atoms with E-state index in [1.54, 1.807) is 0 Å². The summed E-state index contributed by atoms with van der Waals surface area (Å²) < 4.78 is 5.61. The van der Waals surface area contributed by atoms with Crippen molar-refractivity contribution in [3.63, 3.8) is 0 Å². The van der Waals surface area contributed by atoms with Gasteiger partial charge in [0.05, 0.1) is 6.04 Å². The number of ether oxygens (including phenoxy) is 1. The molecule has 5 heteroatoms. The minimum atomic E-state index is -0.192. The Labute approximate surface area is 207 Å². The molecule has 0 aliphatic heterocycles. The molecule has 3 fully saturated rings. The third kappa shape index (κ3) is 4.54. The van der Waals surface area contributed by atoms with E-state index in [1.807, 2.05) is 0 Å². The highest BCUT2D eigenvalue weighted by atomic mass is 16.5. The predicted octanol–water partition coefficient (Wildman–Crippen LogP) is 8.25. The third-order valence-corrected chi connectivity index (χ3v) is 10.8. The smallest absolute Gasteiger partial charge is 0.302 e. The molecule has 0 heterocycles. The lowest BCUT2D eigenvalue weighted by atomic mass is 9.46. The predicted molar refractivity (Wildman–Crippen MR) is 137 cm³/mol. The number of azide groups is 1. The first-order valence-electron chi connectivity index (χ1n) is 14.0. The normalized spacial score (nSPS) is 42.0. The van der Waals surface area contributed by atoms with Crippen LogP contribution in [0.2, 0.25) is 0 Å². The van der Waals surface area contributed by atoms with Gasteiger partial charge in [-0.3, -0.25) is 4.79 Å². The fraction of sp³-hybridized carbons (Fsp3) is 0.897. The molecule has 4 aliphatic rings. The summed E-state index contributed by atoms with van der Waals surface area (Å²) in [5.41, 5.74) is 11.4. The quantitative estimate of drug-likeness (QED) is 0.124. The van der Waals surface area contributed by atoms with Gasteiger partial charge in [0.1, 0.15) is 6.10 Å². The van der Waals surface area contributed by atoms with E-state index >= 15 is 0 Å².